The van der Waals surface area contributed by atoms with Crippen LogP contribution >= 0.6 is 11.3 Å². The highest BCUT2D eigenvalue weighted by molar-refractivity contribution is 7.09. The van der Waals surface area contributed by atoms with Crippen molar-refractivity contribution in [3.05, 3.63) is 71.2 Å². The molecule has 200 valence electrons. The van der Waals surface area contributed by atoms with Crippen molar-refractivity contribution in [3.8, 4) is 23.3 Å². The average Bonchev–Trinajstić information content (AvgIpc) is 3.49. The number of carbonyl (C=O) groups is 1. The van der Waals surface area contributed by atoms with Gasteiger partial charge in [-0.3, -0.25) is 4.90 Å². The Morgan fingerprint density at radius 1 is 1.05 bits per heavy atom. The molecule has 1 aliphatic heterocycles. The lowest BCUT2D eigenvalue weighted by Crippen LogP contribution is -2.36. The van der Waals surface area contributed by atoms with Gasteiger partial charge in [0.05, 0.1) is 18.7 Å². The Hall–Kier alpha value is -3.97. The fourth-order valence-electron chi connectivity index (χ4n) is 4.16. The first-order valence-corrected chi connectivity index (χ1v) is 13.9. The van der Waals surface area contributed by atoms with E-state index >= 15 is 0 Å². The van der Waals surface area contributed by atoms with E-state index in [-0.39, 0.29) is 0 Å². The number of hydrogen-bond acceptors (Lipinski definition) is 9. The number of nitrogens with one attached hydrogen (secondary N) is 1. The molecule has 1 fully saturated rings. The van der Waals surface area contributed by atoms with E-state index in [0.29, 0.717) is 24.6 Å². The van der Waals surface area contributed by atoms with E-state index < -0.39 is 5.97 Å². The van der Waals surface area contributed by atoms with Gasteiger partial charge in [0.25, 0.3) is 0 Å². The summed E-state index contributed by atoms with van der Waals surface area (Å²) in [7, 11) is 0. The number of rotatable bonds is 10. The molecule has 39 heavy (non-hydrogen) atoms. The van der Waals surface area contributed by atoms with Gasteiger partial charge in [-0.05, 0) is 73.3 Å². The Balaban J connectivity index is 1.14. The van der Waals surface area contributed by atoms with Gasteiger partial charge in [0.15, 0.2) is 0 Å². The third kappa shape index (κ3) is 8.01. The van der Waals surface area contributed by atoms with Crippen molar-refractivity contribution in [2.45, 2.75) is 25.9 Å². The smallest absolute Gasteiger partial charge is 0.389 e. The van der Waals surface area contributed by atoms with Crippen LogP contribution < -0.4 is 14.8 Å². The highest BCUT2D eigenvalue weighted by atomic mass is 32.1. The fourth-order valence-corrected chi connectivity index (χ4v) is 4.78. The zero-order valence-corrected chi connectivity index (χ0v) is 22.4. The molecular formula is C30H30N4O4S. The van der Waals surface area contributed by atoms with Crippen LogP contribution in [-0.4, -0.2) is 53.7 Å². The predicted octanol–water partition coefficient (Wildman–Crippen LogP) is 5.43. The Morgan fingerprint density at radius 3 is 2.72 bits per heavy atom. The summed E-state index contributed by atoms with van der Waals surface area (Å²) in [6.07, 6.45) is 4.16. The molecule has 9 heteroatoms. The van der Waals surface area contributed by atoms with Crippen molar-refractivity contribution in [2.24, 2.45) is 0 Å². The molecule has 1 N–H and O–H groups in total. The fraction of sp³-hybridized carbons (Fsp3) is 0.300. The lowest BCUT2D eigenvalue weighted by Gasteiger charge is -2.26. The minimum absolute atomic E-state index is 0.393. The second kappa shape index (κ2) is 13.7. The van der Waals surface area contributed by atoms with E-state index in [4.69, 9.17) is 14.2 Å². The summed E-state index contributed by atoms with van der Waals surface area (Å²) in [6, 6.07) is 17.0. The maximum atomic E-state index is 12.3. The van der Waals surface area contributed by atoms with Gasteiger partial charge in [-0.15, -0.1) is 11.3 Å². The van der Waals surface area contributed by atoms with E-state index in [1.807, 2.05) is 41.8 Å². The van der Waals surface area contributed by atoms with Crippen LogP contribution in [0.5, 0.6) is 11.5 Å². The second-order valence-electron chi connectivity index (χ2n) is 9.02. The maximum absolute atomic E-state index is 12.3. The molecule has 1 saturated heterocycles. The average molecular weight is 543 g/mol. The van der Waals surface area contributed by atoms with Crippen LogP contribution in [0.3, 0.4) is 0 Å². The summed E-state index contributed by atoms with van der Waals surface area (Å²) in [5.41, 5.74) is 1.58. The Morgan fingerprint density at radius 2 is 1.90 bits per heavy atom. The molecule has 8 nitrogen and oxygen atoms in total. The molecule has 2 aromatic carbocycles. The minimum atomic E-state index is -0.577. The number of nitrogens with zero attached hydrogens (tertiary/aromatic N) is 3. The van der Waals surface area contributed by atoms with E-state index in [9.17, 15) is 4.79 Å². The minimum Gasteiger partial charge on any atom is -0.488 e. The van der Waals surface area contributed by atoms with Crippen LogP contribution in [0.15, 0.2) is 66.3 Å². The molecule has 0 radical (unpaired) electrons. The van der Waals surface area contributed by atoms with Gasteiger partial charge >= 0.3 is 5.97 Å². The highest BCUT2D eigenvalue weighted by Gasteiger charge is 2.10. The summed E-state index contributed by atoms with van der Waals surface area (Å²) in [6.45, 7) is 5.18. The normalized spacial score (nSPS) is 13.4. The standard InChI is InChI=1S/C30H30N4O4S/c35-29(7-3-1-2-4-14-34-15-17-36-18-16-34)38-25-12-13-28-27(20-25)30(32-22-31-28)33-23-8-10-24(11-9-23)37-21-26-6-5-19-39-26/h5-6,8-13,19-20,22H,1-2,4,14-18,21H2,(H,31,32,33). The van der Waals surface area contributed by atoms with Gasteiger partial charge in [-0.1, -0.05) is 12.0 Å². The van der Waals surface area contributed by atoms with Gasteiger partial charge in [0, 0.05) is 41.4 Å². The number of unbranched alkanes of at least 4 members (excludes halogenated alkanes) is 2. The van der Waals surface area contributed by atoms with Crippen LogP contribution in [-0.2, 0) is 16.1 Å². The number of fused-ring (bicyclic) bond motifs is 1. The Bertz CT molecular complexity index is 1430. The third-order valence-corrected chi connectivity index (χ3v) is 7.07. The molecule has 3 heterocycles. The van der Waals surface area contributed by atoms with Gasteiger partial charge in [0.2, 0.25) is 0 Å². The summed E-state index contributed by atoms with van der Waals surface area (Å²) in [5.74, 6) is 6.73. The number of carbonyl (C=O) groups excluding carboxylic acids is 1. The molecule has 2 aromatic heterocycles. The van der Waals surface area contributed by atoms with Crippen molar-refractivity contribution in [1.29, 1.82) is 0 Å². The van der Waals surface area contributed by atoms with Crippen molar-refractivity contribution in [2.75, 3.05) is 38.2 Å². The van der Waals surface area contributed by atoms with Crippen molar-refractivity contribution < 1.29 is 19.0 Å². The number of anilines is 2. The lowest BCUT2D eigenvalue weighted by atomic mass is 10.2. The van der Waals surface area contributed by atoms with Gasteiger partial charge in [0.1, 0.15) is 30.3 Å². The van der Waals surface area contributed by atoms with Crippen LogP contribution in [0.1, 0.15) is 24.1 Å². The molecule has 0 atom stereocenters. The summed E-state index contributed by atoms with van der Waals surface area (Å²) >= 11 is 1.67. The van der Waals surface area contributed by atoms with Crippen LogP contribution in [0.25, 0.3) is 10.9 Å². The highest BCUT2D eigenvalue weighted by Crippen LogP contribution is 2.28. The van der Waals surface area contributed by atoms with Crippen LogP contribution in [0.2, 0.25) is 0 Å². The van der Waals surface area contributed by atoms with E-state index in [1.165, 1.54) is 11.2 Å². The Kier molecular flexibility index (Phi) is 9.36. The number of esters is 1. The SMILES string of the molecule is O=C(C#CCCCCN1CCOCC1)Oc1ccc2ncnc(Nc3ccc(OCc4cccs4)cc3)c2c1. The molecule has 0 spiro atoms. The molecule has 5 rings (SSSR count). The van der Waals surface area contributed by atoms with Crippen LogP contribution in [0, 0.1) is 11.8 Å². The first kappa shape index (κ1) is 26.6. The Labute approximate surface area is 231 Å². The molecular weight excluding hydrogens is 512 g/mol. The molecule has 0 saturated carbocycles. The van der Waals surface area contributed by atoms with Gasteiger partial charge in [-0.2, -0.15) is 0 Å². The van der Waals surface area contributed by atoms with E-state index in [1.54, 1.807) is 29.5 Å². The second-order valence-corrected chi connectivity index (χ2v) is 10.1. The van der Waals surface area contributed by atoms with E-state index in [0.717, 1.165) is 68.0 Å². The summed E-state index contributed by atoms with van der Waals surface area (Å²) in [4.78, 5) is 24.6. The molecule has 0 aliphatic carbocycles. The van der Waals surface area contributed by atoms with Crippen molar-refractivity contribution in [1.82, 2.24) is 14.9 Å². The van der Waals surface area contributed by atoms with Gasteiger partial charge in [-0.25, -0.2) is 14.8 Å². The zero-order valence-electron chi connectivity index (χ0n) is 21.6. The number of morpholine rings is 1. The predicted molar refractivity (Wildman–Crippen MR) is 152 cm³/mol. The van der Waals surface area contributed by atoms with E-state index in [2.05, 4.69) is 32.0 Å². The zero-order chi connectivity index (χ0) is 26.7. The largest absolute Gasteiger partial charge is 0.488 e. The number of thiophene rings is 1. The first-order chi connectivity index (χ1) is 19.2. The number of aromatic nitrogens is 2. The maximum Gasteiger partial charge on any atom is 0.389 e. The quantitative estimate of drug-likeness (QED) is 0.0934. The molecule has 0 unspecified atom stereocenters. The molecule has 4 aromatic rings. The topological polar surface area (TPSA) is 85.8 Å². The summed E-state index contributed by atoms with van der Waals surface area (Å²) < 4.78 is 16.7. The number of benzene rings is 2. The molecule has 0 bridgehead atoms. The van der Waals surface area contributed by atoms with Crippen molar-refractivity contribution >= 4 is 39.7 Å². The molecule has 1 aliphatic rings. The number of ether oxygens (including phenoxy) is 3. The van der Waals surface area contributed by atoms with Crippen LogP contribution in [0.4, 0.5) is 11.5 Å². The van der Waals surface area contributed by atoms with Gasteiger partial charge < -0.3 is 19.5 Å². The third-order valence-electron chi connectivity index (χ3n) is 6.22. The molecule has 0 amide bonds. The lowest BCUT2D eigenvalue weighted by molar-refractivity contribution is -0.128. The number of hydrogen-bond donors (Lipinski definition) is 1. The summed E-state index contributed by atoms with van der Waals surface area (Å²) in [5, 5.41) is 6.09. The monoisotopic (exact) mass is 542 g/mol. The first-order valence-electron chi connectivity index (χ1n) is 13.0. The van der Waals surface area contributed by atoms with Crippen molar-refractivity contribution in [3.63, 3.8) is 0 Å².